The summed E-state index contributed by atoms with van der Waals surface area (Å²) in [5.41, 5.74) is 0.752. The normalized spacial score (nSPS) is 20.8. The van der Waals surface area contributed by atoms with E-state index in [-0.39, 0.29) is 30.3 Å². The van der Waals surface area contributed by atoms with E-state index in [2.05, 4.69) is 10.2 Å². The van der Waals surface area contributed by atoms with E-state index in [1.165, 1.54) is 0 Å². The van der Waals surface area contributed by atoms with Crippen LogP contribution >= 0.6 is 0 Å². The summed E-state index contributed by atoms with van der Waals surface area (Å²) in [5.74, 6) is 1.49. The van der Waals surface area contributed by atoms with Crippen LogP contribution in [-0.2, 0) is 9.59 Å². The lowest BCUT2D eigenvalue weighted by molar-refractivity contribution is -0.135. The van der Waals surface area contributed by atoms with Crippen molar-refractivity contribution in [3.8, 4) is 11.6 Å². The van der Waals surface area contributed by atoms with Crippen LogP contribution in [0, 0.1) is 5.92 Å². The molecule has 4 rings (SSSR count). The minimum atomic E-state index is -0.350. The molecule has 9 nitrogen and oxygen atoms in total. The lowest BCUT2D eigenvalue weighted by Crippen LogP contribution is -2.37. The third-order valence-corrected chi connectivity index (χ3v) is 5.67. The molecule has 1 aromatic heterocycles. The number of rotatable bonds is 6. The van der Waals surface area contributed by atoms with Crippen molar-refractivity contribution in [1.29, 1.82) is 0 Å². The fraction of sp³-hybridized carbons (Fsp3) is 0.455. The Hall–Kier alpha value is -3.36. The van der Waals surface area contributed by atoms with Crippen LogP contribution in [0.15, 0.2) is 36.4 Å². The van der Waals surface area contributed by atoms with E-state index in [1.54, 1.807) is 23.0 Å². The van der Waals surface area contributed by atoms with Crippen LogP contribution in [0.3, 0.4) is 0 Å². The minimum absolute atomic E-state index is 0.00103. The first-order valence-electron chi connectivity index (χ1n) is 10.4. The highest BCUT2D eigenvalue weighted by atomic mass is 16.5. The Balaban J connectivity index is 1.34. The van der Waals surface area contributed by atoms with E-state index in [0.717, 1.165) is 17.9 Å². The molecule has 0 N–H and O–H groups in total. The molecule has 2 fully saturated rings. The summed E-state index contributed by atoms with van der Waals surface area (Å²) in [7, 11) is 5.38. The first-order chi connectivity index (χ1) is 14.9. The third kappa shape index (κ3) is 4.55. The van der Waals surface area contributed by atoms with E-state index in [4.69, 9.17) is 9.47 Å². The van der Waals surface area contributed by atoms with Crippen LogP contribution in [0.25, 0.3) is 0 Å². The van der Waals surface area contributed by atoms with E-state index in [1.807, 2.05) is 49.3 Å². The molecule has 2 unspecified atom stereocenters. The van der Waals surface area contributed by atoms with Gasteiger partial charge in [-0.25, -0.2) is 0 Å². The Bertz CT molecular complexity index is 949. The number of nitrogens with zero attached hydrogens (tertiary/aromatic N) is 5. The zero-order chi connectivity index (χ0) is 22.0. The second-order valence-corrected chi connectivity index (χ2v) is 8.04. The number of amides is 2. The van der Waals surface area contributed by atoms with Gasteiger partial charge in [-0.1, -0.05) is 6.07 Å². The molecule has 2 aromatic rings. The molecule has 2 aliphatic heterocycles. The van der Waals surface area contributed by atoms with Crippen LogP contribution in [0.2, 0.25) is 0 Å². The quantitative estimate of drug-likeness (QED) is 0.694. The van der Waals surface area contributed by atoms with E-state index >= 15 is 0 Å². The number of methoxy groups -OCH3 is 1. The van der Waals surface area contributed by atoms with Gasteiger partial charge in [0, 0.05) is 57.8 Å². The first-order valence-corrected chi connectivity index (χ1v) is 10.4. The molecule has 1 aromatic carbocycles. The number of ether oxygens (including phenoxy) is 2. The maximum absolute atomic E-state index is 13.0. The molecular weight excluding hydrogens is 398 g/mol. The topological polar surface area (TPSA) is 88.1 Å². The number of carbonyl (C=O) groups is 2. The van der Waals surface area contributed by atoms with E-state index in [0.29, 0.717) is 31.3 Å². The Morgan fingerprint density at radius 3 is 2.71 bits per heavy atom. The molecule has 9 heteroatoms. The van der Waals surface area contributed by atoms with Gasteiger partial charge >= 0.3 is 0 Å². The third-order valence-electron chi connectivity index (χ3n) is 5.67. The molecule has 0 bridgehead atoms. The Morgan fingerprint density at radius 1 is 1.16 bits per heavy atom. The fourth-order valence-electron chi connectivity index (χ4n) is 3.97. The molecule has 0 radical (unpaired) electrons. The van der Waals surface area contributed by atoms with Crippen LogP contribution < -0.4 is 19.3 Å². The summed E-state index contributed by atoms with van der Waals surface area (Å²) < 4.78 is 11.2. The van der Waals surface area contributed by atoms with Crippen molar-refractivity contribution in [2.24, 2.45) is 5.92 Å². The van der Waals surface area contributed by atoms with Crippen LogP contribution in [0.1, 0.15) is 12.8 Å². The summed E-state index contributed by atoms with van der Waals surface area (Å²) in [4.78, 5) is 30.9. The average molecular weight is 425 g/mol. The van der Waals surface area contributed by atoms with Gasteiger partial charge in [0.2, 0.25) is 17.7 Å². The lowest BCUT2D eigenvalue weighted by Gasteiger charge is -2.21. The van der Waals surface area contributed by atoms with Crippen LogP contribution in [0.5, 0.6) is 11.6 Å². The molecule has 2 saturated heterocycles. The zero-order valence-corrected chi connectivity index (χ0v) is 18.0. The van der Waals surface area contributed by atoms with Crippen LogP contribution in [-0.4, -0.2) is 73.9 Å². The largest absolute Gasteiger partial charge is 0.497 e. The van der Waals surface area contributed by atoms with Gasteiger partial charge in [0.05, 0.1) is 19.6 Å². The van der Waals surface area contributed by atoms with Gasteiger partial charge in [-0.05, 0) is 18.2 Å². The van der Waals surface area contributed by atoms with Crippen molar-refractivity contribution >= 4 is 23.3 Å². The number of likely N-dealkylation sites (tertiary alicyclic amines) is 1. The van der Waals surface area contributed by atoms with Gasteiger partial charge in [-0.2, -0.15) is 0 Å². The number of hydrogen-bond acceptors (Lipinski definition) is 7. The Labute approximate surface area is 181 Å². The molecule has 0 spiro atoms. The summed E-state index contributed by atoms with van der Waals surface area (Å²) in [6.45, 7) is 1.47. The zero-order valence-electron chi connectivity index (χ0n) is 18.0. The summed E-state index contributed by atoms with van der Waals surface area (Å²) >= 11 is 0. The SMILES string of the molecule is COc1cccc(N2CC(C(=O)N3CCC(Oc4ccc(N(C)C)nn4)C3)CC2=O)c1. The second kappa shape index (κ2) is 8.79. The molecule has 2 atom stereocenters. The maximum atomic E-state index is 13.0. The molecular formula is C22H27N5O4. The van der Waals surface area contributed by atoms with Gasteiger partial charge in [-0.3, -0.25) is 9.59 Å². The highest BCUT2D eigenvalue weighted by Gasteiger charge is 2.39. The van der Waals surface area contributed by atoms with Crippen molar-refractivity contribution < 1.29 is 19.1 Å². The standard InChI is InChI=1S/C22H27N5O4/c1-25(2)19-7-8-20(24-23-19)31-18-9-10-26(14-18)22(29)15-11-21(28)27(13-15)16-5-4-6-17(12-16)30-3/h4-8,12,15,18H,9-11,13-14H2,1-3H3. The second-order valence-electron chi connectivity index (χ2n) is 8.04. The summed E-state index contributed by atoms with van der Waals surface area (Å²) in [6.07, 6.45) is 0.814. The minimum Gasteiger partial charge on any atom is -0.497 e. The molecule has 31 heavy (non-hydrogen) atoms. The Kier molecular flexibility index (Phi) is 5.92. The predicted octanol–water partition coefficient (Wildman–Crippen LogP) is 1.58. The number of anilines is 2. The molecule has 2 aliphatic rings. The number of carbonyl (C=O) groups excluding carboxylic acids is 2. The van der Waals surface area contributed by atoms with Crippen molar-refractivity contribution in [1.82, 2.24) is 15.1 Å². The smallest absolute Gasteiger partial charge is 0.233 e. The molecule has 0 saturated carbocycles. The predicted molar refractivity (Wildman–Crippen MR) is 115 cm³/mol. The van der Waals surface area contributed by atoms with Gasteiger partial charge in [0.1, 0.15) is 11.9 Å². The van der Waals surface area contributed by atoms with E-state index in [9.17, 15) is 9.59 Å². The highest BCUT2D eigenvalue weighted by Crippen LogP contribution is 2.30. The summed E-state index contributed by atoms with van der Waals surface area (Å²) in [5, 5.41) is 8.21. The van der Waals surface area contributed by atoms with Crippen LogP contribution in [0.4, 0.5) is 11.5 Å². The monoisotopic (exact) mass is 425 g/mol. The van der Waals surface area contributed by atoms with Gasteiger partial charge in [0.15, 0.2) is 5.82 Å². The highest BCUT2D eigenvalue weighted by molar-refractivity contribution is 6.00. The molecule has 2 amide bonds. The maximum Gasteiger partial charge on any atom is 0.233 e. The molecule has 164 valence electrons. The number of aromatic nitrogens is 2. The number of benzene rings is 1. The van der Waals surface area contributed by atoms with Crippen molar-refractivity contribution in [3.05, 3.63) is 36.4 Å². The van der Waals surface area contributed by atoms with E-state index < -0.39 is 0 Å². The summed E-state index contributed by atoms with van der Waals surface area (Å²) in [6, 6.07) is 11.0. The lowest BCUT2D eigenvalue weighted by atomic mass is 10.1. The van der Waals surface area contributed by atoms with Crippen molar-refractivity contribution in [2.75, 3.05) is 50.6 Å². The number of hydrogen-bond donors (Lipinski definition) is 0. The van der Waals surface area contributed by atoms with Gasteiger partial charge < -0.3 is 24.2 Å². The first kappa shape index (κ1) is 20.9. The Morgan fingerprint density at radius 2 is 2.00 bits per heavy atom. The fourth-order valence-corrected chi connectivity index (χ4v) is 3.97. The average Bonchev–Trinajstić information content (AvgIpc) is 3.40. The molecule has 0 aliphatic carbocycles. The van der Waals surface area contributed by atoms with Gasteiger partial charge in [-0.15, -0.1) is 10.2 Å². The van der Waals surface area contributed by atoms with Crippen molar-refractivity contribution in [3.63, 3.8) is 0 Å². The molecule has 3 heterocycles. The van der Waals surface area contributed by atoms with Crippen molar-refractivity contribution in [2.45, 2.75) is 18.9 Å². The van der Waals surface area contributed by atoms with Gasteiger partial charge in [0.25, 0.3) is 0 Å².